The fraction of sp³-hybridized carbons (Fsp3) is 0.421. The van der Waals surface area contributed by atoms with Gasteiger partial charge in [0.1, 0.15) is 12.1 Å². The van der Waals surface area contributed by atoms with E-state index in [1.54, 1.807) is 4.68 Å². The molecule has 0 spiro atoms. The number of carbonyl (C=O) groups excluding carboxylic acids is 1. The molecule has 1 aromatic carbocycles. The number of piperazine rings is 1. The van der Waals surface area contributed by atoms with Crippen molar-refractivity contribution in [3.63, 3.8) is 0 Å². The highest BCUT2D eigenvalue weighted by Gasteiger charge is 2.24. The highest BCUT2D eigenvalue weighted by Crippen LogP contribution is 2.24. The standard InChI is InChI=1S/C19H22ClN7O2/c1-2-29-15-5-3-14(4-6-15)27-19-17(23-24-27)18(21-13-22-19)26-11-9-25(10-12-26)16(28)7-8-20/h3-6,13H,2,7-12H2,1H3. The van der Waals surface area contributed by atoms with Crippen LogP contribution in [-0.4, -0.2) is 74.4 Å². The third-order valence-corrected chi connectivity index (χ3v) is 5.04. The van der Waals surface area contributed by atoms with Crippen molar-refractivity contribution in [3.8, 4) is 11.4 Å². The van der Waals surface area contributed by atoms with Gasteiger partial charge in [-0.2, -0.15) is 4.68 Å². The van der Waals surface area contributed by atoms with E-state index in [4.69, 9.17) is 16.3 Å². The fourth-order valence-corrected chi connectivity index (χ4v) is 3.56. The maximum atomic E-state index is 12.0. The molecule has 3 aromatic rings. The van der Waals surface area contributed by atoms with Crippen LogP contribution in [0.3, 0.4) is 0 Å². The van der Waals surface area contributed by atoms with E-state index >= 15 is 0 Å². The fourth-order valence-electron chi connectivity index (χ4n) is 3.40. The van der Waals surface area contributed by atoms with Crippen LogP contribution in [0.5, 0.6) is 5.75 Å². The molecule has 1 fully saturated rings. The summed E-state index contributed by atoms with van der Waals surface area (Å²) in [5, 5.41) is 8.61. The van der Waals surface area contributed by atoms with Crippen molar-refractivity contribution < 1.29 is 9.53 Å². The number of nitrogens with zero attached hydrogens (tertiary/aromatic N) is 7. The smallest absolute Gasteiger partial charge is 0.223 e. The molecule has 10 heteroatoms. The lowest BCUT2D eigenvalue weighted by atomic mass is 10.2. The number of ether oxygens (including phenoxy) is 1. The summed E-state index contributed by atoms with van der Waals surface area (Å²) < 4.78 is 7.18. The number of carbonyl (C=O) groups is 1. The Morgan fingerprint density at radius 1 is 1.14 bits per heavy atom. The Balaban J connectivity index is 1.56. The second-order valence-electron chi connectivity index (χ2n) is 6.60. The summed E-state index contributed by atoms with van der Waals surface area (Å²) in [6.45, 7) is 5.19. The van der Waals surface area contributed by atoms with Crippen molar-refractivity contribution in [1.29, 1.82) is 0 Å². The van der Waals surface area contributed by atoms with Gasteiger partial charge < -0.3 is 14.5 Å². The van der Waals surface area contributed by atoms with E-state index in [0.717, 1.165) is 17.3 Å². The van der Waals surface area contributed by atoms with Crippen molar-refractivity contribution >= 4 is 34.5 Å². The first kappa shape index (κ1) is 19.4. The molecule has 0 N–H and O–H groups in total. The van der Waals surface area contributed by atoms with Gasteiger partial charge in [0.15, 0.2) is 17.0 Å². The molecule has 0 unspecified atom stereocenters. The third-order valence-electron chi connectivity index (χ3n) is 4.85. The Kier molecular flexibility index (Phi) is 5.75. The monoisotopic (exact) mass is 415 g/mol. The first-order valence-corrected chi connectivity index (χ1v) is 10.1. The van der Waals surface area contributed by atoms with Crippen LogP contribution in [0, 0.1) is 0 Å². The molecule has 9 nitrogen and oxygen atoms in total. The number of hydrogen-bond donors (Lipinski definition) is 0. The van der Waals surface area contributed by atoms with Crippen LogP contribution in [0.15, 0.2) is 30.6 Å². The lowest BCUT2D eigenvalue weighted by Crippen LogP contribution is -2.49. The highest BCUT2D eigenvalue weighted by atomic mass is 35.5. The highest BCUT2D eigenvalue weighted by molar-refractivity contribution is 6.18. The minimum Gasteiger partial charge on any atom is -0.494 e. The minimum atomic E-state index is 0.0916. The summed E-state index contributed by atoms with van der Waals surface area (Å²) in [5.74, 6) is 1.98. The van der Waals surface area contributed by atoms with Crippen LogP contribution in [0.2, 0.25) is 0 Å². The summed E-state index contributed by atoms with van der Waals surface area (Å²) in [6.07, 6.45) is 1.90. The lowest BCUT2D eigenvalue weighted by Gasteiger charge is -2.35. The molecule has 1 amide bonds. The molecule has 29 heavy (non-hydrogen) atoms. The molecule has 4 rings (SSSR count). The number of benzene rings is 1. The van der Waals surface area contributed by atoms with Gasteiger partial charge in [-0.3, -0.25) is 4.79 Å². The average Bonchev–Trinajstić information content (AvgIpc) is 3.19. The van der Waals surface area contributed by atoms with Gasteiger partial charge in [0.2, 0.25) is 5.91 Å². The van der Waals surface area contributed by atoms with E-state index in [-0.39, 0.29) is 5.91 Å². The van der Waals surface area contributed by atoms with E-state index in [2.05, 4.69) is 25.2 Å². The molecule has 0 radical (unpaired) electrons. The van der Waals surface area contributed by atoms with Crippen LogP contribution in [0.25, 0.3) is 16.9 Å². The number of rotatable bonds is 6. The van der Waals surface area contributed by atoms with Crippen molar-refractivity contribution in [1.82, 2.24) is 29.9 Å². The van der Waals surface area contributed by atoms with Crippen LogP contribution in [0.1, 0.15) is 13.3 Å². The lowest BCUT2D eigenvalue weighted by molar-refractivity contribution is -0.131. The summed E-state index contributed by atoms with van der Waals surface area (Å²) in [6, 6.07) is 7.63. The zero-order valence-corrected chi connectivity index (χ0v) is 16.9. The topological polar surface area (TPSA) is 89.3 Å². The van der Waals surface area contributed by atoms with Gasteiger partial charge in [0, 0.05) is 38.5 Å². The Bertz CT molecular complexity index is 984. The van der Waals surface area contributed by atoms with Crippen LogP contribution >= 0.6 is 11.6 Å². The summed E-state index contributed by atoms with van der Waals surface area (Å²) in [7, 11) is 0. The first-order valence-electron chi connectivity index (χ1n) is 9.59. The van der Waals surface area contributed by atoms with Crippen molar-refractivity contribution in [2.24, 2.45) is 0 Å². The quantitative estimate of drug-likeness (QED) is 0.568. The number of aromatic nitrogens is 5. The molecule has 3 heterocycles. The number of anilines is 1. The molecule has 2 aromatic heterocycles. The summed E-state index contributed by atoms with van der Waals surface area (Å²) in [4.78, 5) is 24.8. The Labute approximate surface area is 173 Å². The Morgan fingerprint density at radius 3 is 2.59 bits per heavy atom. The zero-order valence-electron chi connectivity index (χ0n) is 16.2. The van der Waals surface area contributed by atoms with Gasteiger partial charge in [-0.25, -0.2) is 9.97 Å². The number of fused-ring (bicyclic) bond motifs is 1. The van der Waals surface area contributed by atoms with Crippen LogP contribution in [-0.2, 0) is 4.79 Å². The zero-order chi connectivity index (χ0) is 20.2. The van der Waals surface area contributed by atoms with Crippen LogP contribution < -0.4 is 9.64 Å². The molecule has 0 saturated carbocycles. The van der Waals surface area contributed by atoms with E-state index in [1.807, 2.05) is 36.1 Å². The Morgan fingerprint density at radius 2 is 1.90 bits per heavy atom. The summed E-state index contributed by atoms with van der Waals surface area (Å²) >= 11 is 5.68. The normalized spacial score (nSPS) is 14.4. The number of amides is 1. The van der Waals surface area contributed by atoms with E-state index in [0.29, 0.717) is 56.3 Å². The number of alkyl halides is 1. The molecule has 1 aliphatic rings. The molecule has 152 valence electrons. The SMILES string of the molecule is CCOc1ccc(-n2nnc3c(N4CCN(C(=O)CCCl)CC4)ncnc32)cc1. The predicted molar refractivity (Wildman–Crippen MR) is 110 cm³/mol. The molecule has 1 aliphatic heterocycles. The van der Waals surface area contributed by atoms with Gasteiger partial charge in [-0.05, 0) is 31.2 Å². The second kappa shape index (κ2) is 8.60. The third kappa shape index (κ3) is 3.95. The van der Waals surface area contributed by atoms with Crippen molar-refractivity contribution in [3.05, 3.63) is 30.6 Å². The molecular weight excluding hydrogens is 394 g/mol. The van der Waals surface area contributed by atoms with E-state index in [1.165, 1.54) is 6.33 Å². The number of hydrogen-bond acceptors (Lipinski definition) is 7. The predicted octanol–water partition coefficient (Wildman–Crippen LogP) is 1.89. The number of halogens is 1. The van der Waals surface area contributed by atoms with Gasteiger partial charge >= 0.3 is 0 Å². The maximum Gasteiger partial charge on any atom is 0.223 e. The average molecular weight is 416 g/mol. The van der Waals surface area contributed by atoms with E-state index < -0.39 is 0 Å². The molecule has 1 saturated heterocycles. The molecule has 0 aliphatic carbocycles. The van der Waals surface area contributed by atoms with Crippen molar-refractivity contribution in [2.75, 3.05) is 43.6 Å². The maximum absolute atomic E-state index is 12.0. The van der Waals surface area contributed by atoms with Crippen molar-refractivity contribution in [2.45, 2.75) is 13.3 Å². The van der Waals surface area contributed by atoms with Gasteiger partial charge in [-0.15, -0.1) is 16.7 Å². The molecular formula is C19H22ClN7O2. The minimum absolute atomic E-state index is 0.0916. The van der Waals surface area contributed by atoms with Gasteiger partial charge in [0.25, 0.3) is 0 Å². The molecule has 0 bridgehead atoms. The van der Waals surface area contributed by atoms with Crippen LogP contribution in [0.4, 0.5) is 5.82 Å². The summed E-state index contributed by atoms with van der Waals surface area (Å²) in [5.41, 5.74) is 2.12. The van der Waals surface area contributed by atoms with E-state index in [9.17, 15) is 4.79 Å². The van der Waals surface area contributed by atoms with Gasteiger partial charge in [0.05, 0.1) is 12.3 Å². The largest absolute Gasteiger partial charge is 0.494 e. The molecule has 0 atom stereocenters. The van der Waals surface area contributed by atoms with Gasteiger partial charge in [-0.1, -0.05) is 5.21 Å². The first-order chi connectivity index (χ1) is 14.2. The second-order valence-corrected chi connectivity index (χ2v) is 6.98. The Hall–Kier alpha value is -2.94.